The molecule has 98 valence electrons. The van der Waals surface area contributed by atoms with Gasteiger partial charge in [0.1, 0.15) is 0 Å². The Morgan fingerprint density at radius 3 is 2.44 bits per heavy atom. The molecule has 0 bridgehead atoms. The lowest BCUT2D eigenvalue weighted by Crippen LogP contribution is -2.10. The van der Waals surface area contributed by atoms with Gasteiger partial charge in [-0.25, -0.2) is 0 Å². The van der Waals surface area contributed by atoms with Crippen molar-refractivity contribution in [3.63, 3.8) is 0 Å². The number of benzene rings is 1. The van der Waals surface area contributed by atoms with Crippen LogP contribution in [0.1, 0.15) is 32.3 Å². The predicted octanol–water partition coefficient (Wildman–Crippen LogP) is 2.57. The molecule has 0 aliphatic rings. The van der Waals surface area contributed by atoms with E-state index in [2.05, 4.69) is 0 Å². The summed E-state index contributed by atoms with van der Waals surface area (Å²) in [5.74, 6) is -1.62. The number of carbonyl (C=O) groups is 1. The molecule has 6 heteroatoms. The third-order valence-electron chi connectivity index (χ3n) is 2.41. The zero-order chi connectivity index (χ0) is 13.9. The number of nitrogens with zero attached hydrogens (tertiary/aromatic N) is 1. The second kappa shape index (κ2) is 5.48. The van der Waals surface area contributed by atoms with E-state index in [1.807, 2.05) is 0 Å². The molecule has 0 radical (unpaired) electrons. The molecule has 0 amide bonds. The van der Waals surface area contributed by atoms with Crippen LogP contribution in [-0.2, 0) is 4.79 Å². The van der Waals surface area contributed by atoms with Crippen LogP contribution in [0.5, 0.6) is 5.75 Å². The van der Waals surface area contributed by atoms with Gasteiger partial charge in [0.05, 0.1) is 16.9 Å². The van der Waals surface area contributed by atoms with Gasteiger partial charge < -0.3 is 9.84 Å². The highest BCUT2D eigenvalue weighted by molar-refractivity contribution is 5.76. The Balaban J connectivity index is 3.20. The predicted molar refractivity (Wildman–Crippen MR) is 64.9 cm³/mol. The number of ether oxygens (including phenoxy) is 1. The number of carboxylic acid groups (broad SMARTS) is 1. The van der Waals surface area contributed by atoms with Crippen LogP contribution in [0.4, 0.5) is 5.69 Å². The summed E-state index contributed by atoms with van der Waals surface area (Å²) in [6.07, 6.45) is -0.223. The number of nitro benzene ring substituents is 1. The van der Waals surface area contributed by atoms with E-state index in [0.29, 0.717) is 5.56 Å². The first kappa shape index (κ1) is 14.0. The van der Waals surface area contributed by atoms with Crippen molar-refractivity contribution in [1.29, 1.82) is 0 Å². The summed E-state index contributed by atoms with van der Waals surface area (Å²) in [6, 6.07) is 4.12. The van der Waals surface area contributed by atoms with E-state index in [4.69, 9.17) is 9.84 Å². The first-order valence-electron chi connectivity index (χ1n) is 5.50. The molecule has 1 rings (SSSR count). The number of rotatable bonds is 5. The molecule has 0 saturated heterocycles. The van der Waals surface area contributed by atoms with Gasteiger partial charge in [-0.05, 0) is 32.4 Å². The Hall–Kier alpha value is -2.11. The summed E-state index contributed by atoms with van der Waals surface area (Å²) in [4.78, 5) is 21.2. The van der Waals surface area contributed by atoms with Crippen molar-refractivity contribution in [3.8, 4) is 5.75 Å². The minimum Gasteiger partial charge on any atom is -0.484 e. The van der Waals surface area contributed by atoms with Gasteiger partial charge in [0.25, 0.3) is 0 Å². The van der Waals surface area contributed by atoms with Gasteiger partial charge in [0, 0.05) is 6.07 Å². The van der Waals surface area contributed by atoms with Gasteiger partial charge in [-0.1, -0.05) is 6.07 Å². The molecular formula is C12H15NO5. The van der Waals surface area contributed by atoms with Crippen LogP contribution in [0.3, 0.4) is 0 Å². The molecule has 1 aromatic carbocycles. The van der Waals surface area contributed by atoms with Crippen molar-refractivity contribution >= 4 is 11.7 Å². The van der Waals surface area contributed by atoms with Crippen molar-refractivity contribution in [1.82, 2.24) is 0 Å². The lowest BCUT2D eigenvalue weighted by atomic mass is 10.0. The third-order valence-corrected chi connectivity index (χ3v) is 2.41. The molecular weight excluding hydrogens is 238 g/mol. The number of nitro groups is 1. The molecule has 0 heterocycles. The molecule has 1 atom stereocenters. The van der Waals surface area contributed by atoms with E-state index >= 15 is 0 Å². The molecule has 0 saturated carbocycles. The zero-order valence-corrected chi connectivity index (χ0v) is 10.4. The first-order chi connectivity index (χ1) is 8.32. The summed E-state index contributed by atoms with van der Waals surface area (Å²) in [7, 11) is 0. The summed E-state index contributed by atoms with van der Waals surface area (Å²) in [5, 5.41) is 19.7. The minimum absolute atomic E-state index is 0.0978. The number of hydrogen-bond acceptors (Lipinski definition) is 4. The summed E-state index contributed by atoms with van der Waals surface area (Å²) < 4.78 is 5.34. The number of aliphatic carboxylic acids is 1. The van der Waals surface area contributed by atoms with E-state index in [1.54, 1.807) is 13.8 Å². The first-order valence-corrected chi connectivity index (χ1v) is 5.50. The highest BCUT2D eigenvalue weighted by atomic mass is 16.6. The largest absolute Gasteiger partial charge is 0.484 e. The number of hydrogen-bond donors (Lipinski definition) is 1. The Morgan fingerprint density at radius 1 is 1.39 bits per heavy atom. The highest BCUT2D eigenvalue weighted by Gasteiger charge is 2.21. The summed E-state index contributed by atoms with van der Waals surface area (Å²) in [6.45, 7) is 5.01. The van der Waals surface area contributed by atoms with Crippen LogP contribution in [0, 0.1) is 10.1 Å². The van der Waals surface area contributed by atoms with Crippen LogP contribution < -0.4 is 4.74 Å². The van der Waals surface area contributed by atoms with Crippen LogP contribution in [0.2, 0.25) is 0 Å². The average Bonchev–Trinajstić information content (AvgIpc) is 2.26. The zero-order valence-electron chi connectivity index (χ0n) is 10.4. The van der Waals surface area contributed by atoms with Crippen LogP contribution in [0.25, 0.3) is 0 Å². The fourth-order valence-electron chi connectivity index (χ4n) is 1.44. The molecule has 0 fully saturated rings. The normalized spacial score (nSPS) is 12.2. The van der Waals surface area contributed by atoms with E-state index < -0.39 is 16.8 Å². The monoisotopic (exact) mass is 253 g/mol. The molecule has 0 spiro atoms. The second-order valence-electron chi connectivity index (χ2n) is 4.21. The molecule has 0 aliphatic carbocycles. The van der Waals surface area contributed by atoms with Gasteiger partial charge in [0.15, 0.2) is 5.75 Å². The second-order valence-corrected chi connectivity index (χ2v) is 4.21. The molecule has 18 heavy (non-hydrogen) atoms. The maximum Gasteiger partial charge on any atom is 0.310 e. The maximum absolute atomic E-state index is 10.9. The maximum atomic E-state index is 10.9. The van der Waals surface area contributed by atoms with E-state index in [0.717, 1.165) is 0 Å². The fraction of sp³-hybridized carbons (Fsp3) is 0.417. The number of carboxylic acids is 1. The molecule has 1 aromatic rings. The smallest absolute Gasteiger partial charge is 0.310 e. The molecule has 0 aromatic heterocycles. The van der Waals surface area contributed by atoms with Gasteiger partial charge in [-0.3, -0.25) is 14.9 Å². The van der Waals surface area contributed by atoms with Crippen molar-refractivity contribution in [2.45, 2.75) is 32.8 Å². The molecule has 6 nitrogen and oxygen atoms in total. The van der Waals surface area contributed by atoms with Gasteiger partial charge >= 0.3 is 11.7 Å². The quantitative estimate of drug-likeness (QED) is 0.643. The lowest BCUT2D eigenvalue weighted by Gasteiger charge is -2.13. The highest BCUT2D eigenvalue weighted by Crippen LogP contribution is 2.31. The lowest BCUT2D eigenvalue weighted by molar-refractivity contribution is -0.386. The van der Waals surface area contributed by atoms with Crippen molar-refractivity contribution in [2.24, 2.45) is 0 Å². The van der Waals surface area contributed by atoms with Crippen molar-refractivity contribution in [2.75, 3.05) is 0 Å². The Labute approximate surface area is 104 Å². The minimum atomic E-state index is -0.987. The molecule has 1 N–H and O–H groups in total. The Bertz CT molecular complexity index is 470. The van der Waals surface area contributed by atoms with Crippen molar-refractivity contribution < 1.29 is 19.6 Å². The molecule has 1 unspecified atom stereocenters. The van der Waals surface area contributed by atoms with E-state index in [-0.39, 0.29) is 17.5 Å². The Kier molecular flexibility index (Phi) is 4.25. The van der Waals surface area contributed by atoms with E-state index in [9.17, 15) is 14.9 Å². The van der Waals surface area contributed by atoms with Crippen molar-refractivity contribution in [3.05, 3.63) is 33.9 Å². The SMILES string of the molecule is CC(C)Oc1cc(C(C)C(=O)O)ccc1[N+](=O)[O-]. The van der Waals surface area contributed by atoms with Crippen LogP contribution in [0.15, 0.2) is 18.2 Å². The average molecular weight is 253 g/mol. The fourth-order valence-corrected chi connectivity index (χ4v) is 1.44. The van der Waals surface area contributed by atoms with Gasteiger partial charge in [-0.2, -0.15) is 0 Å². The van der Waals surface area contributed by atoms with Gasteiger partial charge in [0.2, 0.25) is 0 Å². The molecule has 0 aliphatic heterocycles. The topological polar surface area (TPSA) is 89.7 Å². The Morgan fingerprint density at radius 2 is 2.00 bits per heavy atom. The van der Waals surface area contributed by atoms with Gasteiger partial charge in [-0.15, -0.1) is 0 Å². The van der Waals surface area contributed by atoms with Crippen LogP contribution >= 0.6 is 0 Å². The third kappa shape index (κ3) is 3.19. The standard InChI is InChI=1S/C12H15NO5/c1-7(2)18-11-6-9(8(3)12(14)15)4-5-10(11)13(16)17/h4-8H,1-3H3,(H,14,15). The summed E-state index contributed by atoms with van der Waals surface area (Å²) in [5.41, 5.74) is 0.314. The summed E-state index contributed by atoms with van der Waals surface area (Å²) >= 11 is 0. The van der Waals surface area contributed by atoms with Crippen LogP contribution in [-0.4, -0.2) is 22.1 Å². The van der Waals surface area contributed by atoms with E-state index in [1.165, 1.54) is 25.1 Å².